The summed E-state index contributed by atoms with van der Waals surface area (Å²) >= 11 is 0. The van der Waals surface area contributed by atoms with Crippen LogP contribution < -0.4 is 0 Å². The zero-order valence-electron chi connectivity index (χ0n) is 44.2. The largest absolute Gasteiger partial charge is 0.472 e. The molecule has 0 fully saturated rings. The van der Waals surface area contributed by atoms with Gasteiger partial charge < -0.3 is 24.2 Å². The number of carbonyl (C=O) groups is 3. The first-order valence-electron chi connectivity index (χ1n) is 27.5. The molecule has 3 atom stereocenters. The van der Waals surface area contributed by atoms with Gasteiger partial charge in [0.1, 0.15) is 12.7 Å². The molecule has 0 aliphatic rings. The van der Waals surface area contributed by atoms with Crippen molar-refractivity contribution in [1.29, 1.82) is 0 Å². The number of allylic oxidation sites excluding steroid dienone is 14. The van der Waals surface area contributed by atoms with E-state index in [2.05, 4.69) is 106 Å². The van der Waals surface area contributed by atoms with Crippen LogP contribution in [0.1, 0.15) is 226 Å². The van der Waals surface area contributed by atoms with Gasteiger partial charge in [-0.1, -0.05) is 176 Å². The first kappa shape index (κ1) is 66.7. The van der Waals surface area contributed by atoms with Gasteiger partial charge in [0.25, 0.3) is 0 Å². The predicted molar refractivity (Wildman–Crippen MR) is 288 cm³/mol. The number of hydrogen-bond acceptors (Lipinski definition) is 10. The number of phosphoric acid groups is 1. The summed E-state index contributed by atoms with van der Waals surface area (Å²) in [4.78, 5) is 48.4. The Hall–Kier alpha value is -3.34. The number of ether oxygens (including phenoxy) is 3. The Balaban J connectivity index is 4.81. The molecule has 2 N–H and O–H groups in total. The maximum absolute atomic E-state index is 12.9. The first-order chi connectivity index (χ1) is 34.2. The molecule has 3 unspecified atom stereocenters. The van der Waals surface area contributed by atoms with Crippen LogP contribution in [0.2, 0.25) is 0 Å². The van der Waals surface area contributed by atoms with Gasteiger partial charge in [0.15, 0.2) is 6.10 Å². The zero-order valence-corrected chi connectivity index (χ0v) is 45.1. The van der Waals surface area contributed by atoms with Gasteiger partial charge in [-0.25, -0.2) is 4.57 Å². The lowest BCUT2D eigenvalue weighted by Gasteiger charge is -2.21. The first-order valence-corrected chi connectivity index (χ1v) is 29.0. The Kier molecular flexibility index (Phi) is 49.5. The van der Waals surface area contributed by atoms with E-state index < -0.39 is 57.8 Å². The molecule has 0 aliphatic heterocycles. The van der Waals surface area contributed by atoms with E-state index >= 15 is 0 Å². The third-order valence-electron chi connectivity index (χ3n) is 11.3. The van der Waals surface area contributed by atoms with Crippen LogP contribution in [0.25, 0.3) is 0 Å². The fourth-order valence-corrected chi connectivity index (χ4v) is 7.86. The molecule has 0 radical (unpaired) electrons. The molecule has 0 heterocycles. The number of aliphatic hydroxyl groups is 1. The summed E-state index contributed by atoms with van der Waals surface area (Å²) in [5.41, 5.74) is 0. The molecule has 0 saturated carbocycles. The molecule has 0 aromatic heterocycles. The Bertz CT molecular complexity index is 1500. The van der Waals surface area contributed by atoms with Crippen molar-refractivity contribution in [3.05, 3.63) is 85.1 Å². The fraction of sp³-hybridized carbons (Fsp3) is 0.707. The second kappa shape index (κ2) is 52.0. The smallest absolute Gasteiger partial charge is 0.462 e. The summed E-state index contributed by atoms with van der Waals surface area (Å²) in [5.74, 6) is -1.53. The summed E-state index contributed by atoms with van der Waals surface area (Å²) < 4.78 is 39.4. The van der Waals surface area contributed by atoms with E-state index in [1.807, 2.05) is 0 Å². The highest BCUT2D eigenvalue weighted by molar-refractivity contribution is 7.47. The van der Waals surface area contributed by atoms with Gasteiger partial charge in [0, 0.05) is 19.3 Å². The van der Waals surface area contributed by atoms with Crippen molar-refractivity contribution in [2.45, 2.75) is 238 Å². The Labute approximate surface area is 426 Å². The third kappa shape index (κ3) is 49.6. The predicted octanol–water partition coefficient (Wildman–Crippen LogP) is 15.9. The molecule has 0 spiro atoms. The van der Waals surface area contributed by atoms with Crippen LogP contribution in [0.3, 0.4) is 0 Å². The monoisotopic (exact) mass is 1000 g/mol. The van der Waals surface area contributed by atoms with E-state index in [1.54, 1.807) is 0 Å². The van der Waals surface area contributed by atoms with Gasteiger partial charge in [0.05, 0.1) is 19.8 Å². The number of carbonyl (C=O) groups excluding carboxylic acids is 3. The van der Waals surface area contributed by atoms with Crippen LogP contribution in [0.5, 0.6) is 0 Å². The lowest BCUT2D eigenvalue weighted by atomic mass is 10.1. The Morgan fingerprint density at radius 1 is 0.414 bits per heavy atom. The molecule has 0 saturated heterocycles. The SMILES string of the molecule is CC/C=C\C/C=C\C/C=C\CCCCCC(=O)OC(CO)COP(=O)(O)OCC(COC(=O)CCCCCCC/C=C\C/C=C\CCCCC)OC(=O)CCCCCCC/C=C\C/C=C\CCCCC. The number of esters is 3. The topological polar surface area (TPSA) is 155 Å². The number of hydrogen-bond donors (Lipinski definition) is 2. The number of aliphatic hydroxyl groups excluding tert-OH is 1. The van der Waals surface area contributed by atoms with E-state index in [0.717, 1.165) is 128 Å². The fourth-order valence-electron chi connectivity index (χ4n) is 7.08. The maximum atomic E-state index is 12.9. The van der Waals surface area contributed by atoms with Gasteiger partial charge in [-0.15, -0.1) is 0 Å². The molecule has 0 aliphatic carbocycles. The standard InChI is InChI=1S/C58H99O11P/c1-4-7-10-13-16-19-22-25-27-30-32-35-38-41-44-47-56(60)65-51-55(69-58(62)49-46-43-40-37-34-31-28-26-23-20-17-14-11-8-5-2)53-67-70(63,64)66-52-54(50-59)68-57(61)48-45-42-39-36-33-29-24-21-18-15-12-9-6-3/h9,12,16-21,25-29,33,54-55,59H,4-8,10-11,13-15,22-24,30-32,34-53H2,1-3H3,(H,63,64)/b12-9-,19-16-,20-17-,21-18-,27-25-,28-26-,33-29-. The van der Waals surface area contributed by atoms with Crippen molar-refractivity contribution in [2.75, 3.05) is 26.4 Å². The number of phosphoric ester groups is 1. The molecular weight excluding hydrogens is 904 g/mol. The Morgan fingerprint density at radius 2 is 0.743 bits per heavy atom. The molecule has 0 aromatic carbocycles. The second-order valence-corrected chi connectivity index (χ2v) is 19.5. The van der Waals surface area contributed by atoms with Crippen LogP contribution >= 0.6 is 7.82 Å². The van der Waals surface area contributed by atoms with Crippen molar-refractivity contribution in [1.82, 2.24) is 0 Å². The number of unbranched alkanes of at least 4 members (excludes halogenated alkanes) is 19. The van der Waals surface area contributed by atoms with E-state index in [4.69, 9.17) is 23.3 Å². The molecule has 11 nitrogen and oxygen atoms in total. The quantitative estimate of drug-likeness (QED) is 0.0197. The maximum Gasteiger partial charge on any atom is 0.472 e. The summed E-state index contributed by atoms with van der Waals surface area (Å²) in [5, 5.41) is 9.78. The van der Waals surface area contributed by atoms with E-state index in [-0.39, 0.29) is 25.9 Å². The zero-order chi connectivity index (χ0) is 51.3. The van der Waals surface area contributed by atoms with Gasteiger partial charge in [-0.3, -0.25) is 23.4 Å². The highest BCUT2D eigenvalue weighted by Gasteiger charge is 2.28. The lowest BCUT2D eigenvalue weighted by molar-refractivity contribution is -0.161. The molecule has 70 heavy (non-hydrogen) atoms. The van der Waals surface area contributed by atoms with E-state index in [1.165, 1.54) is 38.5 Å². The van der Waals surface area contributed by atoms with E-state index in [9.17, 15) is 28.9 Å². The van der Waals surface area contributed by atoms with Crippen molar-refractivity contribution in [3.8, 4) is 0 Å². The highest BCUT2D eigenvalue weighted by atomic mass is 31.2. The van der Waals surface area contributed by atoms with Crippen molar-refractivity contribution < 1.29 is 52.2 Å². The van der Waals surface area contributed by atoms with Crippen LogP contribution in [-0.2, 0) is 42.2 Å². The van der Waals surface area contributed by atoms with Crippen LogP contribution in [-0.4, -0.2) is 66.5 Å². The van der Waals surface area contributed by atoms with Crippen molar-refractivity contribution in [3.63, 3.8) is 0 Å². The van der Waals surface area contributed by atoms with Gasteiger partial charge in [-0.05, 0) is 116 Å². The summed E-state index contributed by atoms with van der Waals surface area (Å²) in [7, 11) is -4.76. The second-order valence-electron chi connectivity index (χ2n) is 18.0. The molecule has 0 rings (SSSR count). The lowest BCUT2D eigenvalue weighted by Crippen LogP contribution is -2.30. The third-order valence-corrected chi connectivity index (χ3v) is 12.2. The average Bonchev–Trinajstić information content (AvgIpc) is 3.35. The summed E-state index contributed by atoms with van der Waals surface area (Å²) in [6, 6.07) is 0. The molecule has 0 aromatic rings. The highest BCUT2D eigenvalue weighted by Crippen LogP contribution is 2.43. The summed E-state index contributed by atoms with van der Waals surface area (Å²) in [6.45, 7) is 4.40. The summed E-state index contributed by atoms with van der Waals surface area (Å²) in [6.07, 6.45) is 58.3. The molecule has 0 bridgehead atoms. The minimum Gasteiger partial charge on any atom is -0.462 e. The van der Waals surface area contributed by atoms with Crippen molar-refractivity contribution in [2.24, 2.45) is 0 Å². The van der Waals surface area contributed by atoms with Gasteiger partial charge in [0.2, 0.25) is 0 Å². The minimum atomic E-state index is -4.76. The Morgan fingerprint density at radius 3 is 1.16 bits per heavy atom. The van der Waals surface area contributed by atoms with E-state index in [0.29, 0.717) is 19.3 Å². The molecule has 0 amide bonds. The molecule has 12 heteroatoms. The number of rotatable bonds is 50. The normalized spacial score (nSPS) is 14.1. The molecular formula is C58H99O11P. The molecule has 402 valence electrons. The van der Waals surface area contributed by atoms with Crippen LogP contribution in [0, 0.1) is 0 Å². The average molecular weight is 1000 g/mol. The van der Waals surface area contributed by atoms with Gasteiger partial charge in [-0.2, -0.15) is 0 Å². The van der Waals surface area contributed by atoms with Crippen molar-refractivity contribution >= 4 is 25.7 Å². The van der Waals surface area contributed by atoms with Crippen LogP contribution in [0.4, 0.5) is 0 Å². The van der Waals surface area contributed by atoms with Crippen LogP contribution in [0.15, 0.2) is 85.1 Å². The van der Waals surface area contributed by atoms with Gasteiger partial charge >= 0.3 is 25.7 Å². The minimum absolute atomic E-state index is 0.137.